The van der Waals surface area contributed by atoms with Crippen LogP contribution in [0.3, 0.4) is 0 Å². The van der Waals surface area contributed by atoms with Gasteiger partial charge in [-0.05, 0) is 18.2 Å². The van der Waals surface area contributed by atoms with Crippen LogP contribution >= 0.6 is 11.3 Å². The zero-order valence-electron chi connectivity index (χ0n) is 8.68. The Bertz CT molecular complexity index is 509. The Kier molecular flexibility index (Phi) is 3.01. The van der Waals surface area contributed by atoms with Crippen molar-refractivity contribution >= 4 is 29.0 Å². The first-order valence-corrected chi connectivity index (χ1v) is 5.62. The van der Waals surface area contributed by atoms with Crippen LogP contribution in [-0.2, 0) is 0 Å². The van der Waals surface area contributed by atoms with Gasteiger partial charge in [-0.15, -0.1) is 11.3 Å². The summed E-state index contributed by atoms with van der Waals surface area (Å²) in [6, 6.07) is 8.29. The fraction of sp³-hybridized carbons (Fsp3) is 0.0833. The van der Waals surface area contributed by atoms with Gasteiger partial charge in [0.1, 0.15) is 5.82 Å². The van der Waals surface area contributed by atoms with Gasteiger partial charge in [-0.25, -0.2) is 4.39 Å². The van der Waals surface area contributed by atoms with E-state index < -0.39 is 0 Å². The molecule has 0 N–H and O–H groups in total. The van der Waals surface area contributed by atoms with E-state index in [0.29, 0.717) is 10.6 Å². The van der Waals surface area contributed by atoms with Crippen molar-refractivity contribution < 1.29 is 9.18 Å². The number of rotatable bonds is 3. The fourth-order valence-electron chi connectivity index (χ4n) is 1.44. The zero-order valence-corrected chi connectivity index (χ0v) is 9.50. The first kappa shape index (κ1) is 10.8. The zero-order chi connectivity index (χ0) is 11.5. The molecule has 0 unspecified atom stereocenters. The first-order valence-electron chi connectivity index (χ1n) is 4.74. The third-order valence-electron chi connectivity index (χ3n) is 2.32. The van der Waals surface area contributed by atoms with Gasteiger partial charge in [-0.3, -0.25) is 4.79 Å². The van der Waals surface area contributed by atoms with E-state index in [9.17, 15) is 9.18 Å². The Morgan fingerprint density at radius 1 is 1.38 bits per heavy atom. The molecule has 1 aromatic heterocycles. The number of nitrogens with zero attached hydrogens (tertiary/aromatic N) is 1. The molecule has 4 heteroatoms. The van der Waals surface area contributed by atoms with Gasteiger partial charge < -0.3 is 4.90 Å². The van der Waals surface area contributed by atoms with Crippen molar-refractivity contribution in [1.29, 1.82) is 0 Å². The summed E-state index contributed by atoms with van der Waals surface area (Å²) in [5.74, 6) is -0.274. The number of carbonyl (C=O) groups is 1. The quantitative estimate of drug-likeness (QED) is 0.759. The van der Waals surface area contributed by atoms with Crippen molar-refractivity contribution in [1.82, 2.24) is 0 Å². The lowest BCUT2D eigenvalue weighted by atomic mass is 10.2. The summed E-state index contributed by atoms with van der Waals surface area (Å²) >= 11 is 1.35. The molecule has 0 aliphatic rings. The molecule has 16 heavy (non-hydrogen) atoms. The van der Waals surface area contributed by atoms with Gasteiger partial charge in [-0.2, -0.15) is 0 Å². The minimum absolute atomic E-state index is 0.274. The van der Waals surface area contributed by atoms with Gasteiger partial charge in [0.2, 0.25) is 0 Å². The van der Waals surface area contributed by atoms with Gasteiger partial charge in [0, 0.05) is 12.4 Å². The SMILES string of the molecule is CN(c1csc(C=O)c1)c1ccccc1F. The van der Waals surface area contributed by atoms with Crippen molar-refractivity contribution in [3.8, 4) is 0 Å². The third-order valence-corrected chi connectivity index (χ3v) is 3.17. The van der Waals surface area contributed by atoms with Crippen molar-refractivity contribution in [2.24, 2.45) is 0 Å². The van der Waals surface area contributed by atoms with Crippen LogP contribution in [0.2, 0.25) is 0 Å². The van der Waals surface area contributed by atoms with E-state index in [0.717, 1.165) is 12.0 Å². The number of halogens is 1. The topological polar surface area (TPSA) is 20.3 Å². The van der Waals surface area contributed by atoms with E-state index in [-0.39, 0.29) is 5.82 Å². The monoisotopic (exact) mass is 235 g/mol. The highest BCUT2D eigenvalue weighted by Gasteiger charge is 2.10. The Labute approximate surface area is 96.9 Å². The summed E-state index contributed by atoms with van der Waals surface area (Å²) in [6.07, 6.45) is 0.795. The molecule has 0 saturated heterocycles. The smallest absolute Gasteiger partial charge is 0.160 e. The summed E-state index contributed by atoms with van der Waals surface area (Å²) in [6.45, 7) is 0. The number of hydrogen-bond donors (Lipinski definition) is 0. The molecule has 82 valence electrons. The highest BCUT2D eigenvalue weighted by molar-refractivity contribution is 7.12. The molecule has 0 aliphatic carbocycles. The van der Waals surface area contributed by atoms with Crippen LogP contribution in [0.4, 0.5) is 15.8 Å². The number of para-hydroxylation sites is 1. The Hall–Kier alpha value is -1.68. The molecule has 2 rings (SSSR count). The van der Waals surface area contributed by atoms with Crippen LogP contribution in [0.5, 0.6) is 0 Å². The molecule has 0 fully saturated rings. The van der Waals surface area contributed by atoms with Gasteiger partial charge in [0.05, 0.1) is 16.3 Å². The Morgan fingerprint density at radius 2 is 2.12 bits per heavy atom. The van der Waals surface area contributed by atoms with Crippen LogP contribution in [0.25, 0.3) is 0 Å². The number of anilines is 2. The van der Waals surface area contributed by atoms with E-state index in [1.54, 1.807) is 36.2 Å². The average molecular weight is 235 g/mol. The number of hydrogen-bond acceptors (Lipinski definition) is 3. The van der Waals surface area contributed by atoms with E-state index in [2.05, 4.69) is 0 Å². The summed E-state index contributed by atoms with van der Waals surface area (Å²) in [5, 5.41) is 1.83. The molecule has 0 saturated carbocycles. The standard InChI is InChI=1S/C12H10FNOS/c1-14(9-6-10(7-15)16-8-9)12-5-3-2-4-11(12)13/h2-8H,1H3. The van der Waals surface area contributed by atoms with E-state index in [1.807, 2.05) is 5.38 Å². The van der Waals surface area contributed by atoms with Crippen LogP contribution in [-0.4, -0.2) is 13.3 Å². The summed E-state index contributed by atoms with van der Waals surface area (Å²) in [5.41, 5.74) is 1.31. The highest BCUT2D eigenvalue weighted by atomic mass is 32.1. The molecular formula is C12H10FNOS. The Morgan fingerprint density at radius 3 is 2.75 bits per heavy atom. The molecule has 2 aromatic rings. The normalized spacial score (nSPS) is 10.1. The molecule has 0 atom stereocenters. The second kappa shape index (κ2) is 4.45. The lowest BCUT2D eigenvalue weighted by Gasteiger charge is -2.17. The lowest BCUT2D eigenvalue weighted by molar-refractivity contribution is 0.112. The molecule has 1 heterocycles. The lowest BCUT2D eigenvalue weighted by Crippen LogP contribution is -2.09. The van der Waals surface area contributed by atoms with Crippen LogP contribution in [0.1, 0.15) is 9.67 Å². The summed E-state index contributed by atoms with van der Waals surface area (Å²) in [4.78, 5) is 12.9. The number of carbonyl (C=O) groups excluding carboxylic acids is 1. The molecule has 0 amide bonds. The highest BCUT2D eigenvalue weighted by Crippen LogP contribution is 2.29. The maximum Gasteiger partial charge on any atom is 0.160 e. The number of aldehydes is 1. The summed E-state index contributed by atoms with van der Waals surface area (Å²) in [7, 11) is 1.77. The van der Waals surface area contributed by atoms with Crippen LogP contribution < -0.4 is 4.90 Å². The second-order valence-electron chi connectivity index (χ2n) is 3.34. The Balaban J connectivity index is 2.35. The minimum Gasteiger partial charge on any atom is -0.342 e. The molecule has 0 bridgehead atoms. The van der Waals surface area contributed by atoms with Crippen molar-refractivity contribution in [2.75, 3.05) is 11.9 Å². The van der Waals surface area contributed by atoms with E-state index in [4.69, 9.17) is 0 Å². The molecule has 1 aromatic carbocycles. The largest absolute Gasteiger partial charge is 0.342 e. The predicted molar refractivity (Wildman–Crippen MR) is 64.2 cm³/mol. The van der Waals surface area contributed by atoms with Gasteiger partial charge >= 0.3 is 0 Å². The second-order valence-corrected chi connectivity index (χ2v) is 4.28. The van der Waals surface area contributed by atoms with Crippen molar-refractivity contribution in [2.45, 2.75) is 0 Å². The molecule has 0 spiro atoms. The van der Waals surface area contributed by atoms with E-state index in [1.165, 1.54) is 17.4 Å². The maximum atomic E-state index is 13.5. The first-order chi connectivity index (χ1) is 7.72. The predicted octanol–water partition coefficient (Wildman–Crippen LogP) is 3.47. The van der Waals surface area contributed by atoms with Crippen molar-refractivity contribution in [3.63, 3.8) is 0 Å². The summed E-state index contributed by atoms with van der Waals surface area (Å²) < 4.78 is 13.5. The van der Waals surface area contributed by atoms with Gasteiger partial charge in [-0.1, -0.05) is 12.1 Å². The molecule has 2 nitrogen and oxygen atoms in total. The van der Waals surface area contributed by atoms with Gasteiger partial charge in [0.25, 0.3) is 0 Å². The third kappa shape index (κ3) is 1.97. The molecular weight excluding hydrogens is 225 g/mol. The van der Waals surface area contributed by atoms with Crippen LogP contribution in [0, 0.1) is 5.82 Å². The fourth-order valence-corrected chi connectivity index (χ4v) is 2.17. The molecule has 0 aliphatic heterocycles. The average Bonchev–Trinajstić information content (AvgIpc) is 2.77. The minimum atomic E-state index is -0.274. The van der Waals surface area contributed by atoms with Crippen molar-refractivity contribution in [3.05, 3.63) is 46.4 Å². The van der Waals surface area contributed by atoms with E-state index >= 15 is 0 Å². The van der Waals surface area contributed by atoms with Gasteiger partial charge in [0.15, 0.2) is 6.29 Å². The molecule has 0 radical (unpaired) electrons. The van der Waals surface area contributed by atoms with Crippen LogP contribution in [0.15, 0.2) is 35.7 Å². The number of benzene rings is 1. The number of thiophene rings is 1. The maximum absolute atomic E-state index is 13.5.